The summed E-state index contributed by atoms with van der Waals surface area (Å²) in [4.78, 5) is 0. The maximum absolute atomic E-state index is 5.71. The number of benzene rings is 2. The number of hydrogen-bond donors (Lipinski definition) is 0. The summed E-state index contributed by atoms with van der Waals surface area (Å²) in [7, 11) is 0. The third-order valence-corrected chi connectivity index (χ3v) is 2.96. The van der Waals surface area contributed by atoms with Gasteiger partial charge in [-0.2, -0.15) is 0 Å². The molecule has 0 aromatic heterocycles. The first kappa shape index (κ1) is 11.5. The van der Waals surface area contributed by atoms with E-state index in [0.717, 1.165) is 21.5 Å². The van der Waals surface area contributed by atoms with Crippen molar-refractivity contribution in [1.82, 2.24) is 0 Å². The molecule has 0 atom stereocenters. The van der Waals surface area contributed by atoms with Crippen molar-refractivity contribution in [2.75, 3.05) is 0 Å². The van der Waals surface area contributed by atoms with Crippen molar-refractivity contribution in [1.29, 1.82) is 0 Å². The van der Waals surface area contributed by atoms with E-state index >= 15 is 0 Å². The van der Waals surface area contributed by atoms with Gasteiger partial charge in [-0.15, -0.1) is 11.6 Å². The summed E-state index contributed by atoms with van der Waals surface area (Å²) >= 11 is 9.09. The van der Waals surface area contributed by atoms with Crippen molar-refractivity contribution in [3.63, 3.8) is 0 Å². The van der Waals surface area contributed by atoms with Crippen molar-refractivity contribution >= 4 is 27.5 Å². The molecule has 82 valence electrons. The molecule has 2 rings (SSSR count). The maximum atomic E-state index is 5.71. The zero-order valence-electron chi connectivity index (χ0n) is 8.49. The molecule has 0 amide bonds. The summed E-state index contributed by atoms with van der Waals surface area (Å²) < 4.78 is 6.71. The third kappa shape index (κ3) is 3.00. The minimum absolute atomic E-state index is 0.526. The van der Waals surface area contributed by atoms with E-state index in [-0.39, 0.29) is 0 Å². The van der Waals surface area contributed by atoms with Crippen LogP contribution in [0.5, 0.6) is 11.5 Å². The van der Waals surface area contributed by atoms with Crippen LogP contribution < -0.4 is 4.74 Å². The summed E-state index contributed by atoms with van der Waals surface area (Å²) in [5.41, 5.74) is 1.09. The van der Waals surface area contributed by atoms with Crippen molar-refractivity contribution in [3.05, 3.63) is 58.6 Å². The summed E-state index contributed by atoms with van der Waals surface area (Å²) in [6, 6.07) is 15.5. The second-order valence-electron chi connectivity index (χ2n) is 3.33. The Morgan fingerprint density at radius 1 is 0.875 bits per heavy atom. The Kier molecular flexibility index (Phi) is 3.86. The van der Waals surface area contributed by atoms with E-state index in [9.17, 15) is 0 Å². The lowest BCUT2D eigenvalue weighted by Crippen LogP contribution is -1.84. The van der Waals surface area contributed by atoms with Crippen LogP contribution in [0.4, 0.5) is 0 Å². The molecule has 1 nitrogen and oxygen atoms in total. The van der Waals surface area contributed by atoms with Gasteiger partial charge in [-0.05, 0) is 42.0 Å². The van der Waals surface area contributed by atoms with Gasteiger partial charge in [-0.1, -0.05) is 28.1 Å². The Balaban J connectivity index is 2.11. The van der Waals surface area contributed by atoms with E-state index in [0.29, 0.717) is 5.88 Å². The molecule has 2 aromatic rings. The van der Waals surface area contributed by atoms with E-state index in [2.05, 4.69) is 15.9 Å². The number of rotatable bonds is 3. The highest BCUT2D eigenvalue weighted by Crippen LogP contribution is 2.23. The molecule has 0 aliphatic rings. The molecule has 16 heavy (non-hydrogen) atoms. The fraction of sp³-hybridized carbons (Fsp3) is 0.0769. The van der Waals surface area contributed by atoms with Gasteiger partial charge in [0, 0.05) is 10.4 Å². The highest BCUT2D eigenvalue weighted by atomic mass is 79.9. The quantitative estimate of drug-likeness (QED) is 0.726. The summed E-state index contributed by atoms with van der Waals surface area (Å²) in [6.45, 7) is 0. The summed E-state index contributed by atoms with van der Waals surface area (Å²) in [5, 5.41) is 0. The van der Waals surface area contributed by atoms with Gasteiger partial charge in [0.25, 0.3) is 0 Å². The Bertz CT molecular complexity index is 450. The number of alkyl halides is 1. The van der Waals surface area contributed by atoms with Crippen LogP contribution in [0.25, 0.3) is 0 Å². The molecule has 0 fully saturated rings. The van der Waals surface area contributed by atoms with Gasteiger partial charge in [-0.25, -0.2) is 0 Å². The molecule has 0 unspecified atom stereocenters. The lowest BCUT2D eigenvalue weighted by Gasteiger charge is -2.05. The summed E-state index contributed by atoms with van der Waals surface area (Å²) in [6.07, 6.45) is 0. The first-order valence-corrected chi connectivity index (χ1v) is 6.19. The molecule has 0 spiro atoms. The smallest absolute Gasteiger partial charge is 0.127 e. The largest absolute Gasteiger partial charge is 0.457 e. The van der Waals surface area contributed by atoms with Crippen LogP contribution in [0, 0.1) is 0 Å². The standard InChI is InChI=1S/C13H10BrClO/c14-11-3-7-13(8-4-11)16-12-5-1-10(9-15)2-6-12/h1-8H,9H2. The number of hydrogen-bond acceptors (Lipinski definition) is 1. The third-order valence-electron chi connectivity index (χ3n) is 2.13. The molecule has 3 heteroatoms. The zero-order valence-corrected chi connectivity index (χ0v) is 10.8. The lowest BCUT2D eigenvalue weighted by atomic mass is 10.2. The zero-order chi connectivity index (χ0) is 11.4. The first-order chi connectivity index (χ1) is 7.78. The normalized spacial score (nSPS) is 10.1. The lowest BCUT2D eigenvalue weighted by molar-refractivity contribution is 0.482. The second kappa shape index (κ2) is 5.37. The Morgan fingerprint density at radius 2 is 1.38 bits per heavy atom. The fourth-order valence-corrected chi connectivity index (χ4v) is 1.73. The van der Waals surface area contributed by atoms with E-state index < -0.39 is 0 Å². The highest BCUT2D eigenvalue weighted by molar-refractivity contribution is 9.10. The van der Waals surface area contributed by atoms with Crippen LogP contribution in [0.1, 0.15) is 5.56 Å². The van der Waals surface area contributed by atoms with Gasteiger partial charge in [-0.3, -0.25) is 0 Å². The monoisotopic (exact) mass is 296 g/mol. The van der Waals surface area contributed by atoms with Crippen LogP contribution in [0.3, 0.4) is 0 Å². The predicted octanol–water partition coefficient (Wildman–Crippen LogP) is 4.98. The molecule has 0 radical (unpaired) electrons. The van der Waals surface area contributed by atoms with Crippen LogP contribution in [-0.2, 0) is 5.88 Å². The molecule has 0 heterocycles. The van der Waals surface area contributed by atoms with Crippen LogP contribution in [0.2, 0.25) is 0 Å². The van der Waals surface area contributed by atoms with Crippen LogP contribution in [-0.4, -0.2) is 0 Å². The van der Waals surface area contributed by atoms with E-state index in [4.69, 9.17) is 16.3 Å². The van der Waals surface area contributed by atoms with E-state index in [1.807, 2.05) is 48.5 Å². The number of ether oxygens (including phenoxy) is 1. The van der Waals surface area contributed by atoms with Gasteiger partial charge < -0.3 is 4.74 Å². The first-order valence-electron chi connectivity index (χ1n) is 4.86. The molecule has 0 aliphatic carbocycles. The molecular weight excluding hydrogens is 287 g/mol. The van der Waals surface area contributed by atoms with Gasteiger partial charge in [0.15, 0.2) is 0 Å². The van der Waals surface area contributed by atoms with Gasteiger partial charge in [0.1, 0.15) is 11.5 Å². The number of halogens is 2. The van der Waals surface area contributed by atoms with Crippen molar-refractivity contribution in [2.45, 2.75) is 5.88 Å². The second-order valence-corrected chi connectivity index (χ2v) is 4.52. The maximum Gasteiger partial charge on any atom is 0.127 e. The molecular formula is C13H10BrClO. The fourth-order valence-electron chi connectivity index (χ4n) is 1.29. The Labute approximate surface area is 108 Å². The van der Waals surface area contributed by atoms with E-state index in [1.54, 1.807) is 0 Å². The molecule has 0 bridgehead atoms. The Hall–Kier alpha value is -0.990. The van der Waals surface area contributed by atoms with Gasteiger partial charge in [0.2, 0.25) is 0 Å². The minimum atomic E-state index is 0.526. The Morgan fingerprint density at radius 3 is 1.88 bits per heavy atom. The molecule has 0 saturated carbocycles. The molecule has 0 aliphatic heterocycles. The average molecular weight is 298 g/mol. The van der Waals surface area contributed by atoms with Crippen LogP contribution >= 0.6 is 27.5 Å². The van der Waals surface area contributed by atoms with Gasteiger partial charge >= 0.3 is 0 Å². The summed E-state index contributed by atoms with van der Waals surface area (Å²) in [5.74, 6) is 2.16. The molecule has 0 N–H and O–H groups in total. The highest BCUT2D eigenvalue weighted by Gasteiger charge is 1.97. The van der Waals surface area contributed by atoms with Crippen molar-refractivity contribution in [3.8, 4) is 11.5 Å². The molecule has 0 saturated heterocycles. The minimum Gasteiger partial charge on any atom is -0.457 e. The average Bonchev–Trinajstić information content (AvgIpc) is 2.33. The van der Waals surface area contributed by atoms with Crippen LogP contribution in [0.15, 0.2) is 53.0 Å². The predicted molar refractivity (Wildman–Crippen MR) is 70.2 cm³/mol. The van der Waals surface area contributed by atoms with E-state index in [1.165, 1.54) is 0 Å². The van der Waals surface area contributed by atoms with Crippen molar-refractivity contribution in [2.24, 2.45) is 0 Å². The SMILES string of the molecule is ClCc1ccc(Oc2ccc(Br)cc2)cc1. The molecule has 2 aromatic carbocycles. The topological polar surface area (TPSA) is 9.23 Å². The van der Waals surface area contributed by atoms with Crippen molar-refractivity contribution < 1.29 is 4.74 Å². The van der Waals surface area contributed by atoms with Gasteiger partial charge in [0.05, 0.1) is 0 Å².